The predicted octanol–water partition coefficient (Wildman–Crippen LogP) is 3.83. The van der Waals surface area contributed by atoms with Gasteiger partial charge in [0, 0.05) is 24.8 Å². The topological polar surface area (TPSA) is 89.3 Å². The van der Waals surface area contributed by atoms with E-state index >= 15 is 0 Å². The molecule has 0 aliphatic carbocycles. The van der Waals surface area contributed by atoms with Crippen LogP contribution in [0.25, 0.3) is 11.4 Å². The average Bonchev–Trinajstić information content (AvgIpc) is 3.18. The van der Waals surface area contributed by atoms with Crippen molar-refractivity contribution >= 4 is 23.2 Å². The van der Waals surface area contributed by atoms with E-state index in [0.717, 1.165) is 0 Å². The Labute approximate surface area is 172 Å². The summed E-state index contributed by atoms with van der Waals surface area (Å²) in [4.78, 5) is 16.4. The van der Waals surface area contributed by atoms with Gasteiger partial charge in [0.2, 0.25) is 11.7 Å². The number of ether oxygens (including phenoxy) is 1. The number of carbonyl (C=O) groups excluding carboxylic acids is 1. The molecule has 0 spiro atoms. The smallest absolute Gasteiger partial charge is 0.251 e. The van der Waals surface area contributed by atoms with E-state index in [4.69, 9.17) is 20.9 Å². The number of amides is 1. The summed E-state index contributed by atoms with van der Waals surface area (Å²) in [6, 6.07) is 9.64. The number of halogens is 2. The number of methoxy groups -OCH3 is 1. The molecule has 3 aromatic rings. The van der Waals surface area contributed by atoms with Crippen LogP contribution in [0.15, 0.2) is 40.9 Å². The van der Waals surface area contributed by atoms with Crippen LogP contribution in [0.5, 0.6) is 0 Å². The summed E-state index contributed by atoms with van der Waals surface area (Å²) in [6.07, 6.45) is 0. The molecule has 29 heavy (non-hydrogen) atoms. The number of aromatic nitrogens is 2. The molecule has 0 aliphatic rings. The van der Waals surface area contributed by atoms with Crippen molar-refractivity contribution in [2.45, 2.75) is 13.5 Å². The van der Waals surface area contributed by atoms with Gasteiger partial charge in [-0.15, -0.1) is 0 Å². The van der Waals surface area contributed by atoms with Gasteiger partial charge in [0.1, 0.15) is 5.82 Å². The second kappa shape index (κ2) is 9.49. The van der Waals surface area contributed by atoms with E-state index in [-0.39, 0.29) is 24.1 Å². The third-order valence-electron chi connectivity index (χ3n) is 4.15. The first-order valence-electron chi connectivity index (χ1n) is 8.87. The molecule has 7 nitrogen and oxygen atoms in total. The van der Waals surface area contributed by atoms with Gasteiger partial charge in [-0.3, -0.25) is 4.79 Å². The van der Waals surface area contributed by atoms with E-state index in [9.17, 15) is 9.18 Å². The van der Waals surface area contributed by atoms with Crippen LogP contribution in [0.2, 0.25) is 5.02 Å². The molecule has 1 aromatic heterocycles. The van der Waals surface area contributed by atoms with Crippen molar-refractivity contribution in [3.63, 3.8) is 0 Å². The highest BCUT2D eigenvalue weighted by molar-refractivity contribution is 6.33. The van der Waals surface area contributed by atoms with Gasteiger partial charge in [-0.05, 0) is 36.8 Å². The normalized spacial score (nSPS) is 10.8. The predicted molar refractivity (Wildman–Crippen MR) is 107 cm³/mol. The summed E-state index contributed by atoms with van der Waals surface area (Å²) < 4.78 is 23.9. The van der Waals surface area contributed by atoms with Gasteiger partial charge in [0.25, 0.3) is 5.91 Å². The first kappa shape index (κ1) is 20.8. The Morgan fingerprint density at radius 3 is 2.86 bits per heavy atom. The molecule has 152 valence electrons. The highest BCUT2D eigenvalue weighted by atomic mass is 35.5. The summed E-state index contributed by atoms with van der Waals surface area (Å²) in [5.74, 6) is 0.0210. The van der Waals surface area contributed by atoms with Gasteiger partial charge in [-0.1, -0.05) is 28.9 Å². The fraction of sp³-hybridized carbons (Fsp3) is 0.250. The lowest BCUT2D eigenvalue weighted by Gasteiger charge is -2.09. The monoisotopic (exact) mass is 418 g/mol. The molecule has 9 heteroatoms. The lowest BCUT2D eigenvalue weighted by molar-refractivity contribution is 0.0937. The minimum absolute atomic E-state index is 0.190. The molecule has 2 aromatic carbocycles. The van der Waals surface area contributed by atoms with Crippen LogP contribution < -0.4 is 10.6 Å². The number of nitrogens with zero attached hydrogens (tertiary/aromatic N) is 2. The summed E-state index contributed by atoms with van der Waals surface area (Å²) in [6.45, 7) is 2.70. The number of nitrogens with one attached hydrogen (secondary N) is 2. The lowest BCUT2D eigenvalue weighted by atomic mass is 10.1. The van der Waals surface area contributed by atoms with Gasteiger partial charge in [0.05, 0.1) is 23.9 Å². The Bertz CT molecular complexity index is 1010. The number of benzene rings is 2. The SMILES string of the molecule is COCCNC(=O)c1ccc(Cl)c(NCc2nc(-c3ccc(C)c(F)c3)no2)c1. The third kappa shape index (κ3) is 5.30. The van der Waals surface area contributed by atoms with E-state index in [0.29, 0.717) is 46.4 Å². The van der Waals surface area contributed by atoms with Crippen molar-refractivity contribution in [2.75, 3.05) is 25.6 Å². The number of carbonyl (C=O) groups is 1. The zero-order chi connectivity index (χ0) is 20.8. The van der Waals surface area contributed by atoms with Crippen molar-refractivity contribution in [3.8, 4) is 11.4 Å². The molecule has 0 aliphatic heterocycles. The van der Waals surface area contributed by atoms with Gasteiger partial charge >= 0.3 is 0 Å². The summed E-state index contributed by atoms with van der Waals surface area (Å²) in [7, 11) is 1.56. The van der Waals surface area contributed by atoms with Crippen molar-refractivity contribution in [3.05, 3.63) is 64.3 Å². The Hall–Kier alpha value is -2.97. The van der Waals surface area contributed by atoms with Crippen molar-refractivity contribution in [2.24, 2.45) is 0 Å². The molecule has 3 rings (SSSR count). The number of rotatable bonds is 8. The largest absolute Gasteiger partial charge is 0.383 e. The van der Waals surface area contributed by atoms with E-state index < -0.39 is 0 Å². The number of aryl methyl sites for hydroxylation is 1. The van der Waals surface area contributed by atoms with Crippen molar-refractivity contribution in [1.82, 2.24) is 15.5 Å². The minimum Gasteiger partial charge on any atom is -0.383 e. The first-order valence-corrected chi connectivity index (χ1v) is 9.25. The second-order valence-electron chi connectivity index (χ2n) is 6.27. The molecule has 0 atom stereocenters. The van der Waals surface area contributed by atoms with Crippen LogP contribution in [0.3, 0.4) is 0 Å². The van der Waals surface area contributed by atoms with E-state index in [1.165, 1.54) is 6.07 Å². The van der Waals surface area contributed by atoms with Gasteiger partial charge in [-0.2, -0.15) is 4.98 Å². The van der Waals surface area contributed by atoms with Crippen LogP contribution in [-0.2, 0) is 11.3 Å². The molecule has 0 saturated carbocycles. The summed E-state index contributed by atoms with van der Waals surface area (Å²) in [5.41, 5.74) is 2.07. The van der Waals surface area contributed by atoms with Crippen LogP contribution in [0.4, 0.5) is 10.1 Å². The molecular weight excluding hydrogens is 399 g/mol. The zero-order valence-electron chi connectivity index (χ0n) is 16.0. The van der Waals surface area contributed by atoms with Crippen LogP contribution in [0.1, 0.15) is 21.8 Å². The third-order valence-corrected chi connectivity index (χ3v) is 4.48. The zero-order valence-corrected chi connectivity index (χ0v) is 16.7. The van der Waals surface area contributed by atoms with Gasteiger partial charge in [0.15, 0.2) is 0 Å². The summed E-state index contributed by atoms with van der Waals surface area (Å²) >= 11 is 6.20. The minimum atomic E-state index is -0.334. The molecule has 1 heterocycles. The molecule has 0 saturated heterocycles. The number of anilines is 1. The summed E-state index contributed by atoms with van der Waals surface area (Å²) in [5, 5.41) is 10.1. The highest BCUT2D eigenvalue weighted by Crippen LogP contribution is 2.24. The highest BCUT2D eigenvalue weighted by Gasteiger charge is 2.12. The average molecular weight is 419 g/mol. The first-order chi connectivity index (χ1) is 14.0. The molecule has 0 bridgehead atoms. The quantitative estimate of drug-likeness (QED) is 0.540. The van der Waals surface area contributed by atoms with Gasteiger partial charge < -0.3 is 19.9 Å². The fourth-order valence-corrected chi connectivity index (χ4v) is 2.70. The molecule has 0 unspecified atom stereocenters. The maximum Gasteiger partial charge on any atom is 0.251 e. The van der Waals surface area contributed by atoms with E-state index in [1.54, 1.807) is 44.4 Å². The Kier molecular flexibility index (Phi) is 6.79. The molecule has 0 fully saturated rings. The Balaban J connectivity index is 1.67. The maximum absolute atomic E-state index is 13.7. The van der Waals surface area contributed by atoms with Crippen LogP contribution >= 0.6 is 11.6 Å². The van der Waals surface area contributed by atoms with Gasteiger partial charge in [-0.25, -0.2) is 4.39 Å². The number of hydrogen-bond acceptors (Lipinski definition) is 6. The Morgan fingerprint density at radius 2 is 2.10 bits per heavy atom. The van der Waals surface area contributed by atoms with Crippen molar-refractivity contribution in [1.29, 1.82) is 0 Å². The molecule has 2 N–H and O–H groups in total. The molecular formula is C20H20ClFN4O3. The van der Waals surface area contributed by atoms with E-state index in [2.05, 4.69) is 20.8 Å². The fourth-order valence-electron chi connectivity index (χ4n) is 2.52. The van der Waals surface area contributed by atoms with Crippen molar-refractivity contribution < 1.29 is 18.4 Å². The van der Waals surface area contributed by atoms with Crippen LogP contribution in [0, 0.1) is 12.7 Å². The standard InChI is InChI=1S/C20H20ClFN4O3/c1-12-3-4-13(9-16(12)22)19-25-18(29-26-19)11-24-17-10-14(5-6-15(17)21)20(27)23-7-8-28-2/h3-6,9-10,24H,7-8,11H2,1-2H3,(H,23,27). The second-order valence-corrected chi connectivity index (χ2v) is 6.68. The van der Waals surface area contributed by atoms with Crippen LogP contribution in [-0.4, -0.2) is 36.3 Å². The molecule has 0 radical (unpaired) electrons. The number of hydrogen-bond donors (Lipinski definition) is 2. The lowest BCUT2D eigenvalue weighted by Crippen LogP contribution is -2.26. The molecule has 1 amide bonds. The Morgan fingerprint density at radius 1 is 1.28 bits per heavy atom. The maximum atomic E-state index is 13.7. The van der Waals surface area contributed by atoms with E-state index in [1.807, 2.05) is 0 Å².